The maximum absolute atomic E-state index is 11.4. The molecule has 0 bridgehead atoms. The zero-order valence-electron chi connectivity index (χ0n) is 7.49. The molecule has 0 radical (unpaired) electrons. The van der Waals surface area contributed by atoms with Gasteiger partial charge in [0.25, 0.3) is 0 Å². The fraction of sp³-hybridized carbons (Fsp3) is 0.400. The summed E-state index contributed by atoms with van der Waals surface area (Å²) in [7, 11) is -0.723. The molecule has 1 aromatic rings. The van der Waals surface area contributed by atoms with Gasteiger partial charge in [0.2, 0.25) is 0 Å². The highest BCUT2D eigenvalue weighted by Gasteiger charge is 2.04. The molecule has 0 N–H and O–H groups in total. The van der Waals surface area contributed by atoms with Crippen molar-refractivity contribution in [1.29, 1.82) is 0 Å². The van der Waals surface area contributed by atoms with Gasteiger partial charge >= 0.3 is 0 Å². The van der Waals surface area contributed by atoms with E-state index in [1.807, 2.05) is 44.2 Å². The van der Waals surface area contributed by atoms with Crippen LogP contribution in [-0.2, 0) is 16.6 Å². The van der Waals surface area contributed by atoms with Crippen LogP contribution in [0.5, 0.6) is 0 Å². The Bertz CT molecular complexity index is 254. The van der Waals surface area contributed by atoms with Gasteiger partial charge in [0.15, 0.2) is 0 Å². The highest BCUT2D eigenvalue weighted by molar-refractivity contribution is 7.84. The second-order valence-electron chi connectivity index (χ2n) is 3.06. The molecule has 66 valence electrons. The van der Waals surface area contributed by atoms with Gasteiger partial charge in [-0.15, -0.1) is 0 Å². The van der Waals surface area contributed by atoms with Gasteiger partial charge in [0, 0.05) is 21.8 Å². The zero-order valence-corrected chi connectivity index (χ0v) is 8.30. The second kappa shape index (κ2) is 4.41. The predicted molar refractivity (Wildman–Crippen MR) is 53.4 cm³/mol. The summed E-state index contributed by atoms with van der Waals surface area (Å²) >= 11 is 0. The number of hydrogen-bond acceptors (Lipinski definition) is 1. The Balaban J connectivity index is 2.59. The van der Waals surface area contributed by atoms with Gasteiger partial charge < -0.3 is 0 Å². The molecule has 1 nitrogen and oxygen atoms in total. The first kappa shape index (κ1) is 9.46. The summed E-state index contributed by atoms with van der Waals surface area (Å²) < 4.78 is 11.4. The van der Waals surface area contributed by atoms with Gasteiger partial charge in [-0.2, -0.15) is 0 Å². The van der Waals surface area contributed by atoms with Crippen LogP contribution in [0.25, 0.3) is 0 Å². The molecule has 0 amide bonds. The lowest BCUT2D eigenvalue weighted by Gasteiger charge is -2.04. The first-order valence-corrected chi connectivity index (χ1v) is 5.49. The molecule has 0 aliphatic heterocycles. The van der Waals surface area contributed by atoms with Crippen molar-refractivity contribution in [2.24, 2.45) is 0 Å². The Kier molecular flexibility index (Phi) is 3.48. The average Bonchev–Trinajstić information content (AvgIpc) is 2.06. The van der Waals surface area contributed by atoms with Crippen molar-refractivity contribution in [1.82, 2.24) is 0 Å². The molecule has 1 atom stereocenters. The van der Waals surface area contributed by atoms with Gasteiger partial charge in [-0.25, -0.2) is 0 Å². The van der Waals surface area contributed by atoms with Crippen molar-refractivity contribution in [2.45, 2.75) is 24.9 Å². The minimum atomic E-state index is -0.723. The van der Waals surface area contributed by atoms with Crippen LogP contribution in [0.4, 0.5) is 0 Å². The molecule has 1 aromatic carbocycles. The second-order valence-corrected chi connectivity index (χ2v) is 5.05. The summed E-state index contributed by atoms with van der Waals surface area (Å²) in [6.07, 6.45) is 0. The van der Waals surface area contributed by atoms with E-state index in [4.69, 9.17) is 0 Å². The largest absolute Gasteiger partial charge is 0.259 e. The molecule has 2 heteroatoms. The number of benzene rings is 1. The van der Waals surface area contributed by atoms with E-state index >= 15 is 0 Å². The molecule has 0 heterocycles. The summed E-state index contributed by atoms with van der Waals surface area (Å²) in [5.41, 5.74) is 1.16. The Morgan fingerprint density at radius 1 is 1.25 bits per heavy atom. The molecule has 0 saturated carbocycles. The normalized spacial score (nSPS) is 13.2. The molecule has 0 spiro atoms. The van der Waals surface area contributed by atoms with E-state index in [2.05, 4.69) is 0 Å². The minimum absolute atomic E-state index is 0.255. The molecule has 0 aromatic heterocycles. The SMILES string of the molecule is CC(C)S(=O)Cc1ccccc1. The van der Waals surface area contributed by atoms with Gasteiger partial charge in [0.1, 0.15) is 0 Å². The van der Waals surface area contributed by atoms with Gasteiger partial charge in [0.05, 0.1) is 0 Å². The van der Waals surface area contributed by atoms with E-state index in [1.54, 1.807) is 0 Å². The summed E-state index contributed by atoms with van der Waals surface area (Å²) in [6.45, 7) is 3.97. The van der Waals surface area contributed by atoms with E-state index in [9.17, 15) is 4.21 Å². The molecule has 0 saturated heterocycles. The van der Waals surface area contributed by atoms with Gasteiger partial charge in [-0.3, -0.25) is 4.21 Å². The minimum Gasteiger partial charge on any atom is -0.259 e. The Morgan fingerprint density at radius 2 is 1.83 bits per heavy atom. The van der Waals surface area contributed by atoms with Crippen molar-refractivity contribution in [3.8, 4) is 0 Å². The van der Waals surface area contributed by atoms with Gasteiger partial charge in [-0.05, 0) is 5.56 Å². The van der Waals surface area contributed by atoms with Crippen molar-refractivity contribution in [2.75, 3.05) is 0 Å². The van der Waals surface area contributed by atoms with E-state index in [0.717, 1.165) is 5.56 Å². The fourth-order valence-electron chi connectivity index (χ4n) is 0.905. The molecule has 0 aliphatic rings. The smallest absolute Gasteiger partial charge is 0.0488 e. The van der Waals surface area contributed by atoms with Crippen LogP contribution in [0, 0.1) is 0 Å². The zero-order chi connectivity index (χ0) is 8.97. The maximum atomic E-state index is 11.4. The Hall–Kier alpha value is -0.630. The third kappa shape index (κ3) is 2.78. The first-order valence-electron chi connectivity index (χ1n) is 4.11. The number of rotatable bonds is 3. The first-order chi connectivity index (χ1) is 5.70. The average molecular weight is 182 g/mol. The summed E-state index contributed by atoms with van der Waals surface area (Å²) in [4.78, 5) is 0. The molecular formula is C10H14OS. The topological polar surface area (TPSA) is 17.1 Å². The van der Waals surface area contributed by atoms with Crippen molar-refractivity contribution < 1.29 is 4.21 Å². The van der Waals surface area contributed by atoms with Crippen LogP contribution in [-0.4, -0.2) is 9.46 Å². The summed E-state index contributed by atoms with van der Waals surface area (Å²) in [6, 6.07) is 9.96. The quantitative estimate of drug-likeness (QED) is 0.701. The predicted octanol–water partition coefficient (Wildman–Crippen LogP) is 2.34. The van der Waals surface area contributed by atoms with Crippen LogP contribution in [0.2, 0.25) is 0 Å². The summed E-state index contributed by atoms with van der Waals surface area (Å²) in [5.74, 6) is 0.679. The van der Waals surface area contributed by atoms with E-state index < -0.39 is 10.8 Å². The van der Waals surface area contributed by atoms with Crippen molar-refractivity contribution in [3.63, 3.8) is 0 Å². The molecule has 0 aliphatic carbocycles. The third-order valence-corrected chi connectivity index (χ3v) is 3.35. The number of hydrogen-bond donors (Lipinski definition) is 0. The van der Waals surface area contributed by atoms with Gasteiger partial charge in [-0.1, -0.05) is 44.2 Å². The fourth-order valence-corrected chi connectivity index (χ4v) is 1.76. The Morgan fingerprint density at radius 3 is 2.33 bits per heavy atom. The van der Waals surface area contributed by atoms with E-state index in [1.165, 1.54) is 0 Å². The van der Waals surface area contributed by atoms with Crippen LogP contribution in [0.3, 0.4) is 0 Å². The standard InChI is InChI=1S/C10H14OS/c1-9(2)12(11)8-10-6-4-3-5-7-10/h3-7,9H,8H2,1-2H3. The molecule has 1 unspecified atom stereocenters. The maximum Gasteiger partial charge on any atom is 0.0488 e. The lowest BCUT2D eigenvalue weighted by molar-refractivity contribution is 0.676. The Labute approximate surface area is 76.3 Å². The molecule has 0 fully saturated rings. The monoisotopic (exact) mass is 182 g/mol. The van der Waals surface area contributed by atoms with Crippen molar-refractivity contribution >= 4 is 10.8 Å². The molecule has 12 heavy (non-hydrogen) atoms. The lowest BCUT2D eigenvalue weighted by Crippen LogP contribution is -2.07. The summed E-state index contributed by atoms with van der Waals surface area (Å²) in [5, 5.41) is 0.255. The lowest BCUT2D eigenvalue weighted by atomic mass is 10.2. The highest BCUT2D eigenvalue weighted by Crippen LogP contribution is 2.05. The highest BCUT2D eigenvalue weighted by atomic mass is 32.2. The van der Waals surface area contributed by atoms with Crippen LogP contribution in [0.15, 0.2) is 30.3 Å². The van der Waals surface area contributed by atoms with Crippen LogP contribution in [0.1, 0.15) is 19.4 Å². The van der Waals surface area contributed by atoms with E-state index in [0.29, 0.717) is 5.75 Å². The van der Waals surface area contributed by atoms with E-state index in [-0.39, 0.29) is 5.25 Å². The molecular weight excluding hydrogens is 168 g/mol. The molecule has 1 rings (SSSR count). The van der Waals surface area contributed by atoms with Crippen LogP contribution < -0.4 is 0 Å². The third-order valence-electron chi connectivity index (χ3n) is 1.68. The van der Waals surface area contributed by atoms with Crippen LogP contribution >= 0.6 is 0 Å². The van der Waals surface area contributed by atoms with Crippen molar-refractivity contribution in [3.05, 3.63) is 35.9 Å².